The van der Waals surface area contributed by atoms with Crippen molar-refractivity contribution in [1.29, 1.82) is 0 Å². The second-order valence-corrected chi connectivity index (χ2v) is 8.00. The molecule has 0 bridgehead atoms. The Morgan fingerprint density at radius 1 is 1.19 bits per heavy atom. The Hall–Kier alpha value is -1.54. The van der Waals surface area contributed by atoms with E-state index in [0.717, 1.165) is 16.0 Å². The molecule has 0 radical (unpaired) electrons. The molecule has 1 heterocycles. The third-order valence-corrected chi connectivity index (χ3v) is 5.40. The number of hydrogen-bond acceptors (Lipinski definition) is 4. The molecule has 0 unspecified atom stereocenters. The van der Waals surface area contributed by atoms with Crippen molar-refractivity contribution in [3.8, 4) is 5.69 Å². The maximum atomic E-state index is 12.2. The second-order valence-electron chi connectivity index (χ2n) is 5.30. The molecule has 0 fully saturated rings. The molecule has 3 rings (SSSR count). The van der Waals surface area contributed by atoms with Crippen molar-refractivity contribution < 1.29 is 4.79 Å². The Morgan fingerprint density at radius 2 is 1.92 bits per heavy atom. The molecule has 0 aliphatic carbocycles. The number of aryl methyl sites for hydroxylation is 1. The van der Waals surface area contributed by atoms with Crippen molar-refractivity contribution in [2.45, 2.75) is 12.1 Å². The monoisotopic (exact) mass is 470 g/mol. The van der Waals surface area contributed by atoms with Gasteiger partial charge in [0.05, 0.1) is 16.5 Å². The number of hydrogen-bond donors (Lipinski definition) is 1. The fourth-order valence-corrected chi connectivity index (χ4v) is 3.88. The van der Waals surface area contributed by atoms with E-state index < -0.39 is 0 Å². The highest BCUT2D eigenvalue weighted by Gasteiger charge is 2.14. The molecule has 2 aromatic carbocycles. The highest BCUT2D eigenvalue weighted by atomic mass is 79.9. The Morgan fingerprint density at radius 3 is 2.62 bits per heavy atom. The summed E-state index contributed by atoms with van der Waals surface area (Å²) >= 11 is 16.7. The van der Waals surface area contributed by atoms with Gasteiger partial charge < -0.3 is 5.32 Å². The maximum Gasteiger partial charge on any atom is 0.234 e. The normalized spacial score (nSPS) is 10.8. The number of aromatic nitrogens is 3. The molecule has 0 atom stereocenters. The number of carbonyl (C=O) groups is 1. The van der Waals surface area contributed by atoms with E-state index >= 15 is 0 Å². The lowest BCUT2D eigenvalue weighted by Crippen LogP contribution is -2.15. The number of nitrogens with zero attached hydrogens (tertiary/aromatic N) is 3. The van der Waals surface area contributed by atoms with Crippen LogP contribution >= 0.6 is 50.9 Å². The van der Waals surface area contributed by atoms with Gasteiger partial charge in [-0.1, -0.05) is 50.9 Å². The van der Waals surface area contributed by atoms with Gasteiger partial charge in [0, 0.05) is 15.2 Å². The first-order chi connectivity index (χ1) is 12.4. The van der Waals surface area contributed by atoms with E-state index in [-0.39, 0.29) is 11.7 Å². The third-order valence-electron chi connectivity index (χ3n) is 3.42. The smallest absolute Gasteiger partial charge is 0.234 e. The van der Waals surface area contributed by atoms with Crippen LogP contribution in [0.5, 0.6) is 0 Å². The highest BCUT2D eigenvalue weighted by molar-refractivity contribution is 9.10. The van der Waals surface area contributed by atoms with E-state index in [4.69, 9.17) is 23.2 Å². The van der Waals surface area contributed by atoms with Crippen LogP contribution in [-0.2, 0) is 4.79 Å². The van der Waals surface area contributed by atoms with Crippen LogP contribution in [0.2, 0.25) is 10.0 Å². The van der Waals surface area contributed by atoms with E-state index in [9.17, 15) is 4.79 Å². The van der Waals surface area contributed by atoms with E-state index in [1.807, 2.05) is 29.7 Å². The highest BCUT2D eigenvalue weighted by Crippen LogP contribution is 2.27. The summed E-state index contributed by atoms with van der Waals surface area (Å²) in [7, 11) is 0. The Bertz CT molecular complexity index is 946. The van der Waals surface area contributed by atoms with Crippen LogP contribution in [0.4, 0.5) is 5.69 Å². The average molecular weight is 472 g/mol. The van der Waals surface area contributed by atoms with Gasteiger partial charge in [-0.25, -0.2) is 0 Å². The molecule has 9 heteroatoms. The summed E-state index contributed by atoms with van der Waals surface area (Å²) in [6.07, 6.45) is 0. The first-order valence-electron chi connectivity index (χ1n) is 7.49. The van der Waals surface area contributed by atoms with Crippen LogP contribution in [0.15, 0.2) is 52.1 Å². The predicted molar refractivity (Wildman–Crippen MR) is 110 cm³/mol. The van der Waals surface area contributed by atoms with Crippen molar-refractivity contribution in [1.82, 2.24) is 14.8 Å². The number of amides is 1. The fraction of sp³-hybridized carbons (Fsp3) is 0.118. The number of rotatable bonds is 5. The van der Waals surface area contributed by atoms with E-state index in [1.165, 1.54) is 11.8 Å². The van der Waals surface area contributed by atoms with Crippen LogP contribution in [0.3, 0.4) is 0 Å². The van der Waals surface area contributed by atoms with Crippen LogP contribution in [-0.4, -0.2) is 26.4 Å². The summed E-state index contributed by atoms with van der Waals surface area (Å²) in [6.45, 7) is 1.85. The van der Waals surface area contributed by atoms with Gasteiger partial charge in [-0.05, 0) is 49.4 Å². The van der Waals surface area contributed by atoms with Gasteiger partial charge in [0.15, 0.2) is 5.16 Å². The topological polar surface area (TPSA) is 59.8 Å². The summed E-state index contributed by atoms with van der Waals surface area (Å²) in [6, 6.07) is 12.6. The molecule has 1 aromatic heterocycles. The van der Waals surface area contributed by atoms with E-state index in [2.05, 4.69) is 31.4 Å². The molecule has 134 valence electrons. The van der Waals surface area contributed by atoms with Gasteiger partial charge in [0.2, 0.25) is 5.91 Å². The zero-order chi connectivity index (χ0) is 18.7. The largest absolute Gasteiger partial charge is 0.324 e. The summed E-state index contributed by atoms with van der Waals surface area (Å²) < 4.78 is 2.72. The van der Waals surface area contributed by atoms with E-state index in [1.54, 1.807) is 24.3 Å². The van der Waals surface area contributed by atoms with Gasteiger partial charge in [0.25, 0.3) is 0 Å². The second kappa shape index (κ2) is 8.43. The van der Waals surface area contributed by atoms with Gasteiger partial charge in [-0.15, -0.1) is 10.2 Å². The zero-order valence-corrected chi connectivity index (χ0v) is 17.5. The van der Waals surface area contributed by atoms with E-state index in [0.29, 0.717) is 20.9 Å². The molecule has 0 spiro atoms. The van der Waals surface area contributed by atoms with Crippen molar-refractivity contribution in [3.05, 3.63) is 62.8 Å². The number of thioether (sulfide) groups is 1. The Kier molecular flexibility index (Phi) is 6.24. The van der Waals surface area contributed by atoms with Crippen LogP contribution < -0.4 is 5.32 Å². The summed E-state index contributed by atoms with van der Waals surface area (Å²) in [4.78, 5) is 12.2. The summed E-state index contributed by atoms with van der Waals surface area (Å²) in [5.41, 5.74) is 1.45. The first-order valence-corrected chi connectivity index (χ1v) is 10.0. The number of halogens is 3. The summed E-state index contributed by atoms with van der Waals surface area (Å²) in [5.74, 6) is 0.728. The SMILES string of the molecule is Cc1nnc(SCC(=O)Nc2ccc(Br)cc2Cl)n1-c1ccc(Cl)cc1. The number of nitrogens with one attached hydrogen (secondary N) is 1. The van der Waals surface area contributed by atoms with Crippen molar-refractivity contribution >= 4 is 62.5 Å². The lowest BCUT2D eigenvalue weighted by atomic mass is 10.3. The number of carbonyl (C=O) groups excluding carboxylic acids is 1. The molecular formula is C17H13BrCl2N4OS. The first kappa shape index (κ1) is 19.2. The Balaban J connectivity index is 1.70. The van der Waals surface area contributed by atoms with Crippen molar-refractivity contribution in [2.24, 2.45) is 0 Å². The minimum Gasteiger partial charge on any atom is -0.324 e. The minimum absolute atomic E-state index is 0.178. The molecule has 1 amide bonds. The molecular weight excluding hydrogens is 459 g/mol. The van der Waals surface area contributed by atoms with Crippen LogP contribution in [0.1, 0.15) is 5.82 Å². The molecule has 0 saturated heterocycles. The third kappa shape index (κ3) is 4.59. The number of benzene rings is 2. The molecule has 3 aromatic rings. The summed E-state index contributed by atoms with van der Waals surface area (Å²) in [5, 5.41) is 12.8. The minimum atomic E-state index is -0.178. The fourth-order valence-electron chi connectivity index (χ4n) is 2.23. The zero-order valence-electron chi connectivity index (χ0n) is 13.5. The van der Waals surface area contributed by atoms with Gasteiger partial charge in [-0.3, -0.25) is 9.36 Å². The van der Waals surface area contributed by atoms with Gasteiger partial charge in [0.1, 0.15) is 5.82 Å². The predicted octanol–water partition coefficient (Wildman–Crippen LogP) is 5.38. The lowest BCUT2D eigenvalue weighted by Gasteiger charge is -2.09. The Labute approximate surface area is 173 Å². The van der Waals surface area contributed by atoms with Crippen LogP contribution in [0, 0.1) is 6.92 Å². The molecule has 1 N–H and O–H groups in total. The molecule has 0 aliphatic heterocycles. The standard InChI is InChI=1S/C17H13BrCl2N4OS/c1-10-22-23-17(24(10)13-5-3-12(19)4-6-13)26-9-16(25)21-15-7-2-11(18)8-14(15)20/h2-8H,9H2,1H3,(H,21,25). The molecule has 26 heavy (non-hydrogen) atoms. The maximum absolute atomic E-state index is 12.2. The number of anilines is 1. The molecule has 0 aliphatic rings. The van der Waals surface area contributed by atoms with Crippen molar-refractivity contribution in [2.75, 3.05) is 11.1 Å². The van der Waals surface area contributed by atoms with Gasteiger partial charge in [-0.2, -0.15) is 0 Å². The molecule has 5 nitrogen and oxygen atoms in total. The molecule has 0 saturated carbocycles. The van der Waals surface area contributed by atoms with Gasteiger partial charge >= 0.3 is 0 Å². The van der Waals surface area contributed by atoms with Crippen LogP contribution in [0.25, 0.3) is 5.69 Å². The lowest BCUT2D eigenvalue weighted by molar-refractivity contribution is -0.113. The van der Waals surface area contributed by atoms with Crippen molar-refractivity contribution in [3.63, 3.8) is 0 Å². The average Bonchev–Trinajstić information content (AvgIpc) is 2.97. The quantitative estimate of drug-likeness (QED) is 0.507.